The lowest BCUT2D eigenvalue weighted by Gasteiger charge is -2.11. The van der Waals surface area contributed by atoms with Crippen LogP contribution in [0.4, 0.5) is 11.4 Å². The molecule has 0 bridgehead atoms. The largest absolute Gasteiger partial charge is 0.454 e. The van der Waals surface area contributed by atoms with E-state index in [-0.39, 0.29) is 23.9 Å². The monoisotopic (exact) mass is 475 g/mol. The van der Waals surface area contributed by atoms with Crippen molar-refractivity contribution >= 4 is 29.0 Å². The number of fused-ring (bicyclic) bond motifs is 1. The van der Waals surface area contributed by atoms with Gasteiger partial charge in [0.1, 0.15) is 5.69 Å². The summed E-state index contributed by atoms with van der Waals surface area (Å²) in [5, 5.41) is 23.0. The molecule has 0 saturated carbocycles. The van der Waals surface area contributed by atoms with Gasteiger partial charge in [0.05, 0.1) is 10.7 Å². The standard InChI is InChI=1S/C23H17N5O5S/c29-21(24-17-8-4-5-9-18(17)28(30)31)13-34-23-26-25-22(27(23)16-6-2-1-3-7-16)15-10-11-19-20(12-15)33-14-32-19/h1-12H,13-14H2,(H,24,29). The molecular weight excluding hydrogens is 458 g/mol. The Morgan fingerprint density at radius 2 is 1.79 bits per heavy atom. The van der Waals surface area contributed by atoms with E-state index in [1.807, 2.05) is 53.1 Å². The lowest BCUT2D eigenvalue weighted by atomic mass is 10.2. The van der Waals surface area contributed by atoms with E-state index in [1.54, 1.807) is 12.1 Å². The molecule has 170 valence electrons. The number of thioether (sulfide) groups is 1. The van der Waals surface area contributed by atoms with Gasteiger partial charge in [-0.1, -0.05) is 42.1 Å². The fourth-order valence-corrected chi connectivity index (χ4v) is 4.20. The van der Waals surface area contributed by atoms with E-state index in [0.717, 1.165) is 11.3 Å². The number of ether oxygens (including phenoxy) is 2. The first kappa shape index (κ1) is 21.5. The maximum atomic E-state index is 12.6. The molecule has 0 saturated heterocycles. The average molecular weight is 475 g/mol. The number of anilines is 1. The third kappa shape index (κ3) is 4.28. The van der Waals surface area contributed by atoms with Gasteiger partial charge in [-0.2, -0.15) is 0 Å². The molecule has 0 aliphatic carbocycles. The van der Waals surface area contributed by atoms with Crippen LogP contribution in [0.25, 0.3) is 17.1 Å². The van der Waals surface area contributed by atoms with Crippen molar-refractivity contribution < 1.29 is 19.2 Å². The lowest BCUT2D eigenvalue weighted by Crippen LogP contribution is -2.15. The van der Waals surface area contributed by atoms with E-state index >= 15 is 0 Å². The van der Waals surface area contributed by atoms with Crippen LogP contribution in [0.2, 0.25) is 0 Å². The zero-order valence-electron chi connectivity index (χ0n) is 17.6. The van der Waals surface area contributed by atoms with Crippen LogP contribution in [-0.2, 0) is 4.79 Å². The summed E-state index contributed by atoms with van der Waals surface area (Å²) in [4.78, 5) is 23.2. The topological polar surface area (TPSA) is 121 Å². The van der Waals surface area contributed by atoms with Crippen molar-refractivity contribution in [2.24, 2.45) is 0 Å². The van der Waals surface area contributed by atoms with E-state index in [1.165, 1.54) is 23.9 Å². The Balaban J connectivity index is 1.41. The minimum absolute atomic E-state index is 0.0157. The summed E-state index contributed by atoms with van der Waals surface area (Å²) in [5.41, 5.74) is 1.57. The molecule has 1 N–H and O–H groups in total. The highest BCUT2D eigenvalue weighted by Gasteiger charge is 2.21. The van der Waals surface area contributed by atoms with Crippen molar-refractivity contribution in [3.05, 3.63) is 82.9 Å². The van der Waals surface area contributed by atoms with E-state index < -0.39 is 10.8 Å². The molecule has 11 heteroatoms. The molecular formula is C23H17N5O5S. The lowest BCUT2D eigenvalue weighted by molar-refractivity contribution is -0.383. The van der Waals surface area contributed by atoms with Gasteiger partial charge in [0.2, 0.25) is 12.7 Å². The zero-order valence-corrected chi connectivity index (χ0v) is 18.4. The number of carbonyl (C=O) groups is 1. The molecule has 34 heavy (non-hydrogen) atoms. The first-order valence-electron chi connectivity index (χ1n) is 10.2. The van der Waals surface area contributed by atoms with E-state index in [2.05, 4.69) is 15.5 Å². The minimum atomic E-state index is -0.535. The number of nitro benzene ring substituents is 1. The minimum Gasteiger partial charge on any atom is -0.454 e. The Hall–Kier alpha value is -4.38. The van der Waals surface area contributed by atoms with Gasteiger partial charge in [0, 0.05) is 17.3 Å². The summed E-state index contributed by atoms with van der Waals surface area (Å²) < 4.78 is 12.7. The van der Waals surface area contributed by atoms with Crippen molar-refractivity contribution in [3.63, 3.8) is 0 Å². The Bertz CT molecular complexity index is 1380. The Morgan fingerprint density at radius 1 is 1.03 bits per heavy atom. The molecule has 4 aromatic rings. The van der Waals surface area contributed by atoms with Crippen LogP contribution in [0, 0.1) is 10.1 Å². The smallest absolute Gasteiger partial charge is 0.292 e. The maximum Gasteiger partial charge on any atom is 0.292 e. The van der Waals surface area contributed by atoms with Gasteiger partial charge in [-0.3, -0.25) is 19.5 Å². The van der Waals surface area contributed by atoms with E-state index in [0.29, 0.717) is 22.5 Å². The second-order valence-corrected chi connectivity index (χ2v) is 8.10. The summed E-state index contributed by atoms with van der Waals surface area (Å²) in [7, 11) is 0. The first-order chi connectivity index (χ1) is 16.6. The SMILES string of the molecule is O=C(CSc1nnc(-c2ccc3c(c2)OCO3)n1-c1ccccc1)Nc1ccccc1[N+](=O)[O-]. The number of hydrogen-bond donors (Lipinski definition) is 1. The molecule has 1 aliphatic heterocycles. The Labute approximate surface area is 197 Å². The second-order valence-electron chi connectivity index (χ2n) is 7.16. The molecule has 0 fully saturated rings. The maximum absolute atomic E-state index is 12.6. The normalized spacial score (nSPS) is 11.9. The molecule has 1 aromatic heterocycles. The number of carbonyl (C=O) groups excluding carboxylic acids is 1. The summed E-state index contributed by atoms with van der Waals surface area (Å²) in [5.74, 6) is 1.45. The van der Waals surface area contributed by atoms with Crippen LogP contribution in [0.3, 0.4) is 0 Å². The Kier molecular flexibility index (Phi) is 5.83. The van der Waals surface area contributed by atoms with Gasteiger partial charge < -0.3 is 14.8 Å². The fourth-order valence-electron chi connectivity index (χ4n) is 3.45. The molecule has 3 aromatic carbocycles. The number of nitro groups is 1. The van der Waals surface area contributed by atoms with E-state index in [9.17, 15) is 14.9 Å². The molecule has 5 rings (SSSR count). The van der Waals surface area contributed by atoms with Gasteiger partial charge >= 0.3 is 0 Å². The molecule has 1 amide bonds. The molecule has 0 spiro atoms. The van der Waals surface area contributed by atoms with Gasteiger partial charge in [-0.25, -0.2) is 0 Å². The third-order valence-corrected chi connectivity index (χ3v) is 5.91. The summed E-state index contributed by atoms with van der Waals surface area (Å²) in [6.45, 7) is 0.167. The number of benzene rings is 3. The number of rotatable bonds is 7. The second kappa shape index (κ2) is 9.24. The van der Waals surface area contributed by atoms with Crippen molar-refractivity contribution in [1.82, 2.24) is 14.8 Å². The van der Waals surface area contributed by atoms with Crippen LogP contribution in [-0.4, -0.2) is 38.1 Å². The quantitative estimate of drug-likeness (QED) is 0.239. The fraction of sp³-hybridized carbons (Fsp3) is 0.0870. The molecule has 0 atom stereocenters. The third-order valence-electron chi connectivity index (χ3n) is 4.99. The Morgan fingerprint density at radius 3 is 2.62 bits per heavy atom. The van der Waals surface area contributed by atoms with Crippen LogP contribution >= 0.6 is 11.8 Å². The highest BCUT2D eigenvalue weighted by atomic mass is 32.2. The average Bonchev–Trinajstić information content (AvgIpc) is 3.50. The summed E-state index contributed by atoms with van der Waals surface area (Å²) >= 11 is 1.18. The van der Waals surface area contributed by atoms with Gasteiger partial charge in [-0.15, -0.1) is 10.2 Å². The van der Waals surface area contributed by atoms with Crippen molar-refractivity contribution in [1.29, 1.82) is 0 Å². The highest BCUT2D eigenvalue weighted by molar-refractivity contribution is 7.99. The van der Waals surface area contributed by atoms with Crippen LogP contribution in [0.1, 0.15) is 0 Å². The van der Waals surface area contributed by atoms with Crippen LogP contribution in [0.5, 0.6) is 11.5 Å². The number of aromatic nitrogens is 3. The number of nitrogens with zero attached hydrogens (tertiary/aromatic N) is 4. The van der Waals surface area contributed by atoms with Gasteiger partial charge in [0.25, 0.3) is 5.69 Å². The number of amides is 1. The van der Waals surface area contributed by atoms with Gasteiger partial charge in [-0.05, 0) is 36.4 Å². The first-order valence-corrected chi connectivity index (χ1v) is 11.2. The molecule has 0 unspecified atom stereocenters. The highest BCUT2D eigenvalue weighted by Crippen LogP contribution is 2.37. The predicted molar refractivity (Wildman–Crippen MR) is 125 cm³/mol. The van der Waals surface area contributed by atoms with Crippen LogP contribution in [0.15, 0.2) is 78.0 Å². The number of nitrogens with one attached hydrogen (secondary N) is 1. The zero-order chi connectivity index (χ0) is 23.5. The number of hydrogen-bond acceptors (Lipinski definition) is 8. The summed E-state index contributed by atoms with van der Waals surface area (Å²) in [6.07, 6.45) is 0. The van der Waals surface area contributed by atoms with Crippen molar-refractivity contribution in [2.75, 3.05) is 17.9 Å². The molecule has 2 heterocycles. The molecule has 0 radical (unpaired) electrons. The van der Waals surface area contributed by atoms with Crippen LogP contribution < -0.4 is 14.8 Å². The predicted octanol–water partition coefficient (Wildman–Crippen LogP) is 4.30. The molecule has 10 nitrogen and oxygen atoms in total. The molecule has 1 aliphatic rings. The number of para-hydroxylation sites is 3. The van der Waals surface area contributed by atoms with E-state index in [4.69, 9.17) is 9.47 Å². The van der Waals surface area contributed by atoms with Crippen molar-refractivity contribution in [2.45, 2.75) is 5.16 Å². The van der Waals surface area contributed by atoms with Gasteiger partial charge in [0.15, 0.2) is 22.5 Å². The van der Waals surface area contributed by atoms with Crippen molar-refractivity contribution in [3.8, 4) is 28.6 Å². The summed E-state index contributed by atoms with van der Waals surface area (Å²) in [6, 6.07) is 21.0.